The van der Waals surface area contributed by atoms with Crippen LogP contribution in [0.5, 0.6) is 0 Å². The summed E-state index contributed by atoms with van der Waals surface area (Å²) in [6, 6.07) is 1.96. The molecule has 0 saturated carbocycles. The molecule has 1 fully saturated rings. The Morgan fingerprint density at radius 3 is 2.79 bits per heavy atom. The van der Waals surface area contributed by atoms with E-state index in [1.165, 1.54) is 0 Å². The Kier molecular flexibility index (Phi) is 7.60. The SMILES string of the molecule is CO.C[N+]1(C)CCC=C(Nc2ncc3cc(C4=CCCC=C4)c(=O)n(CC4CCNC4)c3n2)C1. The number of nitrogens with zero attached hydrogens (tertiary/aromatic N) is 4. The second-order valence-electron chi connectivity index (χ2n) is 9.90. The van der Waals surface area contributed by atoms with Crippen molar-refractivity contribution in [2.75, 3.05) is 52.7 Å². The maximum Gasteiger partial charge on any atom is 0.260 e. The molecule has 2 aromatic heterocycles. The van der Waals surface area contributed by atoms with E-state index in [0.717, 1.165) is 85.7 Å². The van der Waals surface area contributed by atoms with E-state index in [-0.39, 0.29) is 5.56 Å². The van der Waals surface area contributed by atoms with E-state index in [1.54, 1.807) is 0 Å². The predicted octanol–water partition coefficient (Wildman–Crippen LogP) is 2.52. The highest BCUT2D eigenvalue weighted by molar-refractivity contribution is 5.83. The van der Waals surface area contributed by atoms with Gasteiger partial charge < -0.3 is 20.2 Å². The van der Waals surface area contributed by atoms with E-state index in [1.807, 2.05) is 16.8 Å². The van der Waals surface area contributed by atoms with Crippen molar-refractivity contribution in [3.8, 4) is 0 Å². The molecule has 0 aromatic carbocycles. The van der Waals surface area contributed by atoms with Crippen LogP contribution < -0.4 is 16.2 Å². The number of hydrogen-bond donors (Lipinski definition) is 3. The molecular formula is C26H37N6O2+. The minimum Gasteiger partial charge on any atom is -0.400 e. The van der Waals surface area contributed by atoms with Gasteiger partial charge in [-0.25, -0.2) is 4.98 Å². The number of allylic oxidation sites excluding steroid dienone is 4. The highest BCUT2D eigenvalue weighted by Gasteiger charge is 2.23. The third-order valence-corrected chi connectivity index (χ3v) is 6.73. The van der Waals surface area contributed by atoms with Gasteiger partial charge in [-0.2, -0.15) is 4.98 Å². The van der Waals surface area contributed by atoms with E-state index >= 15 is 0 Å². The minimum absolute atomic E-state index is 0.0431. The summed E-state index contributed by atoms with van der Waals surface area (Å²) in [5.41, 5.74) is 3.66. The van der Waals surface area contributed by atoms with Crippen molar-refractivity contribution in [2.24, 2.45) is 5.92 Å². The molecule has 0 spiro atoms. The van der Waals surface area contributed by atoms with Crippen LogP contribution in [0.25, 0.3) is 16.6 Å². The molecule has 34 heavy (non-hydrogen) atoms. The van der Waals surface area contributed by atoms with Crippen LogP contribution in [-0.2, 0) is 6.54 Å². The van der Waals surface area contributed by atoms with E-state index in [9.17, 15) is 4.79 Å². The van der Waals surface area contributed by atoms with E-state index in [0.29, 0.717) is 24.1 Å². The maximum absolute atomic E-state index is 13.6. The lowest BCUT2D eigenvalue weighted by Crippen LogP contribution is -2.45. The van der Waals surface area contributed by atoms with Crippen LogP contribution in [0.2, 0.25) is 0 Å². The minimum atomic E-state index is 0.0431. The van der Waals surface area contributed by atoms with Crippen molar-refractivity contribution >= 4 is 22.6 Å². The summed E-state index contributed by atoms with van der Waals surface area (Å²) in [6.45, 7) is 4.68. The first-order valence-electron chi connectivity index (χ1n) is 12.2. The van der Waals surface area contributed by atoms with Gasteiger partial charge in [-0.05, 0) is 49.9 Å². The van der Waals surface area contributed by atoms with Crippen molar-refractivity contribution in [3.05, 3.63) is 58.2 Å². The van der Waals surface area contributed by atoms with Gasteiger partial charge >= 0.3 is 0 Å². The number of anilines is 1. The zero-order valence-corrected chi connectivity index (χ0v) is 20.5. The lowest BCUT2D eigenvalue weighted by molar-refractivity contribution is -0.886. The van der Waals surface area contributed by atoms with Gasteiger partial charge in [-0.15, -0.1) is 0 Å². The van der Waals surface area contributed by atoms with Crippen molar-refractivity contribution in [3.63, 3.8) is 0 Å². The Balaban J connectivity index is 0.00000133. The van der Waals surface area contributed by atoms with E-state index in [2.05, 4.69) is 54.0 Å². The van der Waals surface area contributed by atoms with E-state index < -0.39 is 0 Å². The highest BCUT2D eigenvalue weighted by Crippen LogP contribution is 2.24. The van der Waals surface area contributed by atoms with E-state index in [4.69, 9.17) is 10.1 Å². The third kappa shape index (κ3) is 5.46. The third-order valence-electron chi connectivity index (χ3n) is 6.73. The number of hydrogen-bond acceptors (Lipinski definition) is 6. The average Bonchev–Trinajstić information content (AvgIpc) is 3.35. The molecule has 8 nitrogen and oxygen atoms in total. The number of pyridine rings is 1. The first-order valence-corrected chi connectivity index (χ1v) is 12.2. The van der Waals surface area contributed by atoms with Gasteiger partial charge in [-0.1, -0.05) is 24.3 Å². The number of nitrogens with one attached hydrogen (secondary N) is 2. The summed E-state index contributed by atoms with van der Waals surface area (Å²) in [6.07, 6.45) is 14.6. The molecule has 5 rings (SSSR count). The van der Waals surface area contributed by atoms with Gasteiger partial charge in [0.1, 0.15) is 12.2 Å². The molecule has 2 aliphatic heterocycles. The van der Waals surface area contributed by atoms with Crippen LogP contribution in [0.15, 0.2) is 47.1 Å². The lowest BCUT2D eigenvalue weighted by atomic mass is 9.99. The predicted molar refractivity (Wildman–Crippen MR) is 137 cm³/mol. The number of aliphatic hydroxyl groups excluding tert-OH is 1. The number of rotatable bonds is 5. The number of fused-ring (bicyclic) bond motifs is 1. The summed E-state index contributed by atoms with van der Waals surface area (Å²) in [5.74, 6) is 1.00. The molecule has 3 N–H and O–H groups in total. The van der Waals surface area contributed by atoms with Gasteiger partial charge in [0.15, 0.2) is 0 Å². The zero-order valence-electron chi connectivity index (χ0n) is 20.5. The monoisotopic (exact) mass is 465 g/mol. The molecule has 2 aromatic rings. The van der Waals surface area contributed by atoms with Crippen LogP contribution in [0.3, 0.4) is 0 Å². The number of aromatic nitrogens is 3. The summed E-state index contributed by atoms with van der Waals surface area (Å²) in [4.78, 5) is 23.1. The van der Waals surface area contributed by atoms with Crippen molar-refractivity contribution < 1.29 is 9.59 Å². The highest BCUT2D eigenvalue weighted by atomic mass is 16.2. The van der Waals surface area contributed by atoms with Crippen molar-refractivity contribution in [2.45, 2.75) is 32.2 Å². The Bertz CT molecular complexity index is 1170. The smallest absolute Gasteiger partial charge is 0.260 e. The standard InChI is InChI=1S/C25H32N6O.CH4O/c1-31(2)12-6-9-21(17-31)28-25-27-15-20-13-22(19-7-4-3-5-8-19)24(32)30(23(20)29-25)16-18-10-11-26-14-18;1-2/h4,7-9,13,15,18,26H,3,5-6,10-12,14,16-17H2,1-2H3;2H,1H3/p+1. The van der Waals surface area contributed by atoms with Crippen molar-refractivity contribution in [1.29, 1.82) is 0 Å². The molecule has 182 valence electrons. The second kappa shape index (κ2) is 10.6. The largest absolute Gasteiger partial charge is 0.400 e. The normalized spacial score (nSPS) is 21.5. The van der Waals surface area contributed by atoms with Gasteiger partial charge in [0.2, 0.25) is 5.95 Å². The molecule has 0 amide bonds. The van der Waals surface area contributed by atoms with Gasteiger partial charge in [0.25, 0.3) is 5.56 Å². The molecule has 0 bridgehead atoms. The molecule has 8 heteroatoms. The molecule has 1 atom stereocenters. The summed E-state index contributed by atoms with van der Waals surface area (Å²) in [7, 11) is 5.47. The van der Waals surface area contributed by atoms with Crippen molar-refractivity contribution in [1.82, 2.24) is 19.9 Å². The number of aliphatic hydroxyl groups is 1. The van der Waals surface area contributed by atoms with Crippen LogP contribution in [0.1, 0.15) is 31.2 Å². The molecule has 0 radical (unpaired) electrons. The van der Waals surface area contributed by atoms with Crippen LogP contribution >= 0.6 is 0 Å². The average molecular weight is 466 g/mol. The number of quaternary nitrogens is 1. The molecule has 1 unspecified atom stereocenters. The Labute approximate surface area is 201 Å². The van der Waals surface area contributed by atoms with Gasteiger partial charge in [0.05, 0.1) is 26.3 Å². The Hall–Kier alpha value is -2.81. The van der Waals surface area contributed by atoms with Crippen LogP contribution in [0.4, 0.5) is 5.95 Å². The molecule has 3 aliphatic rings. The molecule has 4 heterocycles. The van der Waals surface area contributed by atoms with Crippen LogP contribution in [-0.4, -0.2) is 71.5 Å². The van der Waals surface area contributed by atoms with Gasteiger partial charge in [0, 0.05) is 37.2 Å². The van der Waals surface area contributed by atoms with Crippen LogP contribution in [0, 0.1) is 5.92 Å². The fourth-order valence-corrected chi connectivity index (χ4v) is 4.96. The zero-order chi connectivity index (χ0) is 24.1. The maximum atomic E-state index is 13.6. The first-order chi connectivity index (χ1) is 16.5. The topological polar surface area (TPSA) is 92.1 Å². The fraction of sp³-hybridized carbons (Fsp3) is 0.500. The summed E-state index contributed by atoms with van der Waals surface area (Å²) in [5, 5.41) is 14.7. The Morgan fingerprint density at radius 2 is 2.09 bits per heavy atom. The fourth-order valence-electron chi connectivity index (χ4n) is 4.96. The second-order valence-corrected chi connectivity index (χ2v) is 9.90. The lowest BCUT2D eigenvalue weighted by Gasteiger charge is -2.33. The summed E-state index contributed by atoms with van der Waals surface area (Å²) < 4.78 is 2.82. The molecule has 1 saturated heterocycles. The first kappa shape index (κ1) is 24.3. The molecule has 1 aliphatic carbocycles. The summed E-state index contributed by atoms with van der Waals surface area (Å²) >= 11 is 0. The quantitative estimate of drug-likeness (QED) is 0.588. The molecular weight excluding hydrogens is 428 g/mol. The van der Waals surface area contributed by atoms with Gasteiger partial charge in [-0.3, -0.25) is 9.36 Å². The number of likely N-dealkylation sites (N-methyl/N-ethyl adjacent to an activating group) is 1. The Morgan fingerprint density at radius 1 is 1.24 bits per heavy atom.